The maximum absolute atomic E-state index is 9.56. The van der Waals surface area contributed by atoms with E-state index in [0.717, 1.165) is 10.8 Å². The SMILES string of the molecule is CC(C)(O)CNC1OC1C1=NC(C)(S)CS1. The lowest BCUT2D eigenvalue weighted by molar-refractivity contribution is 0.0760. The van der Waals surface area contributed by atoms with Gasteiger partial charge in [0, 0.05) is 12.3 Å². The van der Waals surface area contributed by atoms with E-state index < -0.39 is 5.60 Å². The van der Waals surface area contributed by atoms with E-state index in [1.807, 2.05) is 6.92 Å². The fourth-order valence-corrected chi connectivity index (χ4v) is 2.93. The Kier molecular flexibility index (Phi) is 3.31. The lowest BCUT2D eigenvalue weighted by Crippen LogP contribution is -2.37. The van der Waals surface area contributed by atoms with E-state index in [9.17, 15) is 5.11 Å². The second kappa shape index (κ2) is 4.17. The minimum absolute atomic E-state index is 0.0000849. The zero-order chi connectivity index (χ0) is 12.0. The van der Waals surface area contributed by atoms with Crippen molar-refractivity contribution < 1.29 is 9.84 Å². The van der Waals surface area contributed by atoms with Gasteiger partial charge < -0.3 is 9.84 Å². The number of aliphatic imine (C=N–C) groups is 1. The van der Waals surface area contributed by atoms with Crippen LogP contribution in [0, 0.1) is 0 Å². The van der Waals surface area contributed by atoms with Crippen LogP contribution in [0.15, 0.2) is 4.99 Å². The molecule has 3 atom stereocenters. The number of ether oxygens (including phenoxy) is 1. The normalized spacial score (nSPS) is 38.7. The summed E-state index contributed by atoms with van der Waals surface area (Å²) in [5, 5.41) is 13.7. The van der Waals surface area contributed by atoms with E-state index >= 15 is 0 Å². The molecule has 1 saturated heterocycles. The molecular formula is C10H18N2O2S2. The first-order chi connectivity index (χ1) is 7.27. The molecule has 16 heavy (non-hydrogen) atoms. The third kappa shape index (κ3) is 3.37. The van der Waals surface area contributed by atoms with Gasteiger partial charge >= 0.3 is 0 Å². The van der Waals surface area contributed by atoms with Crippen molar-refractivity contribution in [1.29, 1.82) is 0 Å². The highest BCUT2D eigenvalue weighted by atomic mass is 32.2. The summed E-state index contributed by atoms with van der Waals surface area (Å²) >= 11 is 6.14. The van der Waals surface area contributed by atoms with Crippen LogP contribution in [-0.2, 0) is 4.74 Å². The number of hydrogen-bond donors (Lipinski definition) is 3. The molecule has 2 aliphatic heterocycles. The highest BCUT2D eigenvalue weighted by Gasteiger charge is 2.46. The van der Waals surface area contributed by atoms with Crippen molar-refractivity contribution in [3.63, 3.8) is 0 Å². The fraction of sp³-hybridized carbons (Fsp3) is 0.900. The van der Waals surface area contributed by atoms with Gasteiger partial charge in [0.1, 0.15) is 22.2 Å². The highest BCUT2D eigenvalue weighted by molar-refractivity contribution is 8.15. The van der Waals surface area contributed by atoms with E-state index in [1.54, 1.807) is 25.6 Å². The summed E-state index contributed by atoms with van der Waals surface area (Å²) < 4.78 is 5.48. The quantitative estimate of drug-likeness (QED) is 0.520. The Labute approximate surface area is 106 Å². The summed E-state index contributed by atoms with van der Waals surface area (Å²) in [6.45, 7) is 6.05. The van der Waals surface area contributed by atoms with Crippen LogP contribution in [0.4, 0.5) is 0 Å². The molecule has 0 saturated carbocycles. The Morgan fingerprint density at radius 1 is 1.75 bits per heavy atom. The molecule has 0 aromatic rings. The molecule has 2 aliphatic rings. The summed E-state index contributed by atoms with van der Waals surface area (Å²) in [5.74, 6) is 0.892. The molecule has 0 aliphatic carbocycles. The van der Waals surface area contributed by atoms with Gasteiger partial charge in [-0.3, -0.25) is 10.3 Å². The Bertz CT molecular complexity index is 312. The number of thiol groups is 1. The molecule has 2 heterocycles. The monoisotopic (exact) mass is 262 g/mol. The number of hydrogen-bond acceptors (Lipinski definition) is 6. The van der Waals surface area contributed by atoms with Crippen LogP contribution in [0.2, 0.25) is 0 Å². The molecule has 0 aromatic carbocycles. The third-order valence-electron chi connectivity index (χ3n) is 2.32. The molecule has 1 fully saturated rings. The standard InChI is InChI=1S/C10H18N2O2S2/c1-9(2,13)4-11-7-6(14-7)8-12-10(3,15)5-16-8/h6-7,11,13,15H,4-5H2,1-3H3. The Morgan fingerprint density at radius 3 is 2.94 bits per heavy atom. The minimum Gasteiger partial charge on any atom is -0.389 e. The molecule has 3 unspecified atom stereocenters. The van der Waals surface area contributed by atoms with Crippen LogP contribution in [0.1, 0.15) is 20.8 Å². The summed E-state index contributed by atoms with van der Waals surface area (Å²) in [5.41, 5.74) is -0.709. The molecule has 0 radical (unpaired) electrons. The molecule has 92 valence electrons. The zero-order valence-electron chi connectivity index (χ0n) is 9.73. The van der Waals surface area contributed by atoms with Gasteiger partial charge in [-0.1, -0.05) is 0 Å². The number of nitrogens with zero attached hydrogens (tertiary/aromatic N) is 1. The molecule has 0 amide bonds. The van der Waals surface area contributed by atoms with E-state index in [0.29, 0.717) is 6.54 Å². The van der Waals surface area contributed by atoms with Gasteiger partial charge in [0.2, 0.25) is 0 Å². The Hall–Kier alpha value is 0.250. The number of rotatable bonds is 4. The number of epoxide rings is 1. The van der Waals surface area contributed by atoms with Gasteiger partial charge in [-0.15, -0.1) is 24.4 Å². The minimum atomic E-state index is -0.709. The van der Waals surface area contributed by atoms with Crippen LogP contribution in [0.3, 0.4) is 0 Å². The summed E-state index contributed by atoms with van der Waals surface area (Å²) in [4.78, 5) is 4.24. The van der Waals surface area contributed by atoms with E-state index in [4.69, 9.17) is 4.74 Å². The molecule has 0 bridgehead atoms. The first kappa shape index (κ1) is 12.7. The zero-order valence-corrected chi connectivity index (χ0v) is 11.4. The van der Waals surface area contributed by atoms with Crippen molar-refractivity contribution in [2.45, 2.75) is 43.6 Å². The predicted molar refractivity (Wildman–Crippen MR) is 70.2 cm³/mol. The van der Waals surface area contributed by atoms with Gasteiger partial charge in [0.15, 0.2) is 0 Å². The predicted octanol–water partition coefficient (Wildman–Crippen LogP) is 0.863. The van der Waals surface area contributed by atoms with Gasteiger partial charge in [-0.2, -0.15) is 0 Å². The van der Waals surface area contributed by atoms with Gasteiger partial charge in [-0.25, -0.2) is 0 Å². The first-order valence-electron chi connectivity index (χ1n) is 5.33. The molecule has 0 aromatic heterocycles. The van der Waals surface area contributed by atoms with Crippen LogP contribution in [0.25, 0.3) is 0 Å². The topological polar surface area (TPSA) is 57.1 Å². The summed E-state index contributed by atoms with van der Waals surface area (Å²) in [6.07, 6.45) is 0.0567. The Morgan fingerprint density at radius 2 is 2.44 bits per heavy atom. The highest BCUT2D eigenvalue weighted by Crippen LogP contribution is 2.37. The van der Waals surface area contributed by atoms with Gasteiger partial charge in [0.25, 0.3) is 0 Å². The number of thioether (sulfide) groups is 1. The van der Waals surface area contributed by atoms with Crippen LogP contribution in [0.5, 0.6) is 0 Å². The number of nitrogens with one attached hydrogen (secondary N) is 1. The van der Waals surface area contributed by atoms with Crippen molar-refractivity contribution in [2.75, 3.05) is 12.3 Å². The average molecular weight is 262 g/mol. The summed E-state index contributed by atoms with van der Waals surface area (Å²) in [7, 11) is 0. The van der Waals surface area contributed by atoms with Crippen LogP contribution in [-0.4, -0.2) is 45.3 Å². The first-order valence-corrected chi connectivity index (χ1v) is 6.76. The lowest BCUT2D eigenvalue weighted by Gasteiger charge is -2.16. The smallest absolute Gasteiger partial charge is 0.147 e. The van der Waals surface area contributed by atoms with Gasteiger partial charge in [0.05, 0.1) is 5.60 Å². The van der Waals surface area contributed by atoms with Crippen LogP contribution < -0.4 is 5.32 Å². The van der Waals surface area contributed by atoms with Crippen molar-refractivity contribution in [3.8, 4) is 0 Å². The maximum atomic E-state index is 9.56. The largest absolute Gasteiger partial charge is 0.389 e. The van der Waals surface area contributed by atoms with Crippen molar-refractivity contribution in [3.05, 3.63) is 0 Å². The molecule has 2 rings (SSSR count). The fourth-order valence-electron chi connectivity index (χ4n) is 1.46. The second-order valence-corrected chi connectivity index (χ2v) is 7.09. The molecule has 6 heteroatoms. The van der Waals surface area contributed by atoms with Gasteiger partial charge in [-0.05, 0) is 20.8 Å². The number of aliphatic hydroxyl groups is 1. The van der Waals surface area contributed by atoms with Crippen molar-refractivity contribution in [1.82, 2.24) is 5.32 Å². The van der Waals surface area contributed by atoms with E-state index in [1.165, 1.54) is 0 Å². The molecular weight excluding hydrogens is 244 g/mol. The van der Waals surface area contributed by atoms with E-state index in [2.05, 4.69) is 22.9 Å². The van der Waals surface area contributed by atoms with Crippen LogP contribution >= 0.6 is 24.4 Å². The maximum Gasteiger partial charge on any atom is 0.147 e. The molecule has 4 nitrogen and oxygen atoms in total. The molecule has 0 spiro atoms. The second-order valence-electron chi connectivity index (χ2n) is 5.13. The lowest BCUT2D eigenvalue weighted by atomic mass is 10.1. The summed E-state index contributed by atoms with van der Waals surface area (Å²) in [6, 6.07) is 0. The molecule has 2 N–H and O–H groups in total. The van der Waals surface area contributed by atoms with Crippen molar-refractivity contribution >= 4 is 29.4 Å². The average Bonchev–Trinajstić information content (AvgIpc) is 2.80. The Balaban J connectivity index is 1.80. The third-order valence-corrected chi connectivity index (χ3v) is 4.11. The van der Waals surface area contributed by atoms with E-state index in [-0.39, 0.29) is 17.2 Å². The van der Waals surface area contributed by atoms with Crippen molar-refractivity contribution in [2.24, 2.45) is 4.99 Å².